The number of nitrogens with zero attached hydrogens (tertiary/aromatic N) is 1. The molecule has 54 heavy (non-hydrogen) atoms. The van der Waals surface area contributed by atoms with E-state index in [0.717, 1.165) is 0 Å². The Kier molecular flexibility index (Phi) is 7.52. The Morgan fingerprint density at radius 3 is 1.46 bits per heavy atom. The summed E-state index contributed by atoms with van der Waals surface area (Å²) in [7, 11) is 0. The van der Waals surface area contributed by atoms with E-state index in [2.05, 4.69) is 202 Å². The van der Waals surface area contributed by atoms with Crippen LogP contribution in [0.5, 0.6) is 0 Å². The summed E-state index contributed by atoms with van der Waals surface area (Å²) in [6, 6.07) is 63.2. The molecule has 0 heterocycles. The molecule has 1 heteroatoms. The van der Waals surface area contributed by atoms with E-state index in [9.17, 15) is 0 Å². The summed E-state index contributed by atoms with van der Waals surface area (Å²) in [5, 5.41) is 7.67. The lowest BCUT2D eigenvalue weighted by atomic mass is 9.75. The van der Waals surface area contributed by atoms with E-state index in [1.165, 1.54) is 111 Å². The van der Waals surface area contributed by atoms with Crippen molar-refractivity contribution in [2.24, 2.45) is 0 Å². The number of para-hydroxylation sites is 1. The van der Waals surface area contributed by atoms with Crippen molar-refractivity contribution < 1.29 is 0 Å². The number of hydrogen-bond donors (Lipinski definition) is 0. The number of anilines is 3. The average Bonchev–Trinajstić information content (AvgIpc) is 3.20. The van der Waals surface area contributed by atoms with Gasteiger partial charge in [-0.05, 0) is 162 Å². The monoisotopic (exact) mass is 691 g/mol. The SMILES string of the molecule is Cc1cccc(C)c1N(c1cccc(C(C)C)c1)c1ccc2cc3c(cc2c1)-c1cc2c(-c4ccccc4)c4ccccc4c(-c4ccccc4)c2cc1-3. The lowest BCUT2D eigenvalue weighted by Crippen LogP contribution is -2.13. The van der Waals surface area contributed by atoms with Crippen LogP contribution in [-0.2, 0) is 0 Å². The summed E-state index contributed by atoms with van der Waals surface area (Å²) in [6.45, 7) is 8.99. The van der Waals surface area contributed by atoms with Gasteiger partial charge in [-0.15, -0.1) is 0 Å². The van der Waals surface area contributed by atoms with Crippen LogP contribution in [0, 0.1) is 13.8 Å². The second-order valence-corrected chi connectivity index (χ2v) is 15.2. The highest BCUT2D eigenvalue weighted by Crippen LogP contribution is 2.54. The van der Waals surface area contributed by atoms with Crippen LogP contribution in [0.3, 0.4) is 0 Å². The quantitative estimate of drug-likeness (QED) is 0.157. The maximum absolute atomic E-state index is 2.48. The minimum Gasteiger partial charge on any atom is -0.310 e. The second kappa shape index (κ2) is 12.6. The molecule has 0 aliphatic heterocycles. The van der Waals surface area contributed by atoms with E-state index in [0.29, 0.717) is 5.92 Å². The summed E-state index contributed by atoms with van der Waals surface area (Å²) in [5.41, 5.74) is 17.9. The van der Waals surface area contributed by atoms with Crippen molar-refractivity contribution in [3.05, 3.63) is 187 Å². The van der Waals surface area contributed by atoms with E-state index in [1.807, 2.05) is 0 Å². The van der Waals surface area contributed by atoms with Crippen molar-refractivity contribution >= 4 is 49.4 Å². The van der Waals surface area contributed by atoms with Gasteiger partial charge < -0.3 is 4.90 Å². The number of aryl methyl sites for hydroxylation is 2. The second-order valence-electron chi connectivity index (χ2n) is 15.2. The van der Waals surface area contributed by atoms with Gasteiger partial charge in [-0.3, -0.25) is 0 Å². The minimum atomic E-state index is 0.445. The molecule has 0 spiro atoms. The van der Waals surface area contributed by atoms with Gasteiger partial charge in [0, 0.05) is 11.4 Å². The van der Waals surface area contributed by atoms with Crippen molar-refractivity contribution in [3.63, 3.8) is 0 Å². The largest absolute Gasteiger partial charge is 0.310 e. The van der Waals surface area contributed by atoms with Crippen molar-refractivity contribution in [2.45, 2.75) is 33.6 Å². The summed E-state index contributed by atoms with van der Waals surface area (Å²) in [5.74, 6) is 0.445. The Balaban J connectivity index is 1.19. The average molecular weight is 692 g/mol. The molecule has 0 N–H and O–H groups in total. The van der Waals surface area contributed by atoms with Crippen LogP contribution < -0.4 is 4.90 Å². The zero-order valence-corrected chi connectivity index (χ0v) is 31.2. The lowest BCUT2D eigenvalue weighted by molar-refractivity contribution is 0.866. The first kappa shape index (κ1) is 32.2. The number of fused-ring (bicyclic) bond motifs is 7. The topological polar surface area (TPSA) is 3.24 Å². The summed E-state index contributed by atoms with van der Waals surface area (Å²) in [6.07, 6.45) is 0. The molecule has 0 amide bonds. The van der Waals surface area contributed by atoms with Gasteiger partial charge in [0.15, 0.2) is 0 Å². The fourth-order valence-corrected chi connectivity index (χ4v) is 8.90. The van der Waals surface area contributed by atoms with E-state index in [1.54, 1.807) is 0 Å². The first-order valence-corrected chi connectivity index (χ1v) is 19.1. The molecule has 9 aromatic rings. The summed E-state index contributed by atoms with van der Waals surface area (Å²) < 4.78 is 0. The molecule has 0 fully saturated rings. The molecule has 1 nitrogen and oxygen atoms in total. The number of rotatable bonds is 6. The Labute approximate surface area is 317 Å². The van der Waals surface area contributed by atoms with Gasteiger partial charge in [0.05, 0.1) is 5.69 Å². The summed E-state index contributed by atoms with van der Waals surface area (Å²) in [4.78, 5) is 2.46. The Bertz CT molecular complexity index is 2900. The Hall–Kier alpha value is -6.44. The van der Waals surface area contributed by atoms with Crippen LogP contribution in [0.4, 0.5) is 17.1 Å². The third kappa shape index (κ3) is 5.07. The van der Waals surface area contributed by atoms with Crippen molar-refractivity contribution in [1.29, 1.82) is 0 Å². The van der Waals surface area contributed by atoms with Gasteiger partial charge in [0.25, 0.3) is 0 Å². The molecule has 0 bridgehead atoms. The highest BCUT2D eigenvalue weighted by Gasteiger charge is 2.27. The van der Waals surface area contributed by atoms with E-state index in [-0.39, 0.29) is 0 Å². The molecular weight excluding hydrogens is 651 g/mol. The fourth-order valence-electron chi connectivity index (χ4n) is 8.90. The van der Waals surface area contributed by atoms with Crippen LogP contribution in [-0.4, -0.2) is 0 Å². The van der Waals surface area contributed by atoms with Gasteiger partial charge in [-0.2, -0.15) is 0 Å². The van der Waals surface area contributed by atoms with E-state index >= 15 is 0 Å². The first-order valence-electron chi connectivity index (χ1n) is 19.1. The van der Waals surface area contributed by atoms with Gasteiger partial charge in [0.2, 0.25) is 0 Å². The molecule has 258 valence electrons. The highest BCUT2D eigenvalue weighted by atomic mass is 15.1. The normalized spacial score (nSPS) is 11.9. The summed E-state index contributed by atoms with van der Waals surface area (Å²) >= 11 is 0. The van der Waals surface area contributed by atoms with Crippen LogP contribution >= 0.6 is 0 Å². The molecule has 10 rings (SSSR count). The maximum Gasteiger partial charge on any atom is 0.0519 e. The standard InChI is InChI=1S/C53H41N/c1-33(2)38-21-14-22-41(27-38)54(53-34(3)15-13-16-35(53)4)42-26-25-39-29-45-46(30-40(39)28-42)48-32-50-49(31-47(45)48)51(36-17-7-5-8-18-36)43-23-11-12-24-44(43)52(50)37-19-9-6-10-20-37/h5-33H,1-4H3. The maximum atomic E-state index is 2.48. The molecule has 1 aliphatic rings. The van der Waals surface area contributed by atoms with Gasteiger partial charge >= 0.3 is 0 Å². The van der Waals surface area contributed by atoms with E-state index < -0.39 is 0 Å². The lowest BCUT2D eigenvalue weighted by Gasteiger charge is -2.30. The molecule has 0 saturated carbocycles. The van der Waals surface area contributed by atoms with Crippen molar-refractivity contribution in [2.75, 3.05) is 4.90 Å². The van der Waals surface area contributed by atoms with Crippen LogP contribution in [0.1, 0.15) is 36.5 Å². The Morgan fingerprint density at radius 2 is 0.889 bits per heavy atom. The zero-order valence-electron chi connectivity index (χ0n) is 31.2. The minimum absolute atomic E-state index is 0.445. The van der Waals surface area contributed by atoms with Crippen LogP contribution in [0.25, 0.3) is 76.8 Å². The third-order valence-electron chi connectivity index (χ3n) is 11.5. The molecule has 0 saturated heterocycles. The smallest absolute Gasteiger partial charge is 0.0519 e. The van der Waals surface area contributed by atoms with Gasteiger partial charge in [0.1, 0.15) is 0 Å². The van der Waals surface area contributed by atoms with Gasteiger partial charge in [-0.1, -0.05) is 135 Å². The predicted molar refractivity (Wildman–Crippen MR) is 233 cm³/mol. The van der Waals surface area contributed by atoms with Crippen LogP contribution in [0.15, 0.2) is 170 Å². The van der Waals surface area contributed by atoms with Crippen molar-refractivity contribution in [3.8, 4) is 44.5 Å². The number of benzene rings is 9. The van der Waals surface area contributed by atoms with E-state index in [4.69, 9.17) is 0 Å². The zero-order chi connectivity index (χ0) is 36.5. The Morgan fingerprint density at radius 1 is 0.389 bits per heavy atom. The molecule has 9 aromatic carbocycles. The highest BCUT2D eigenvalue weighted by molar-refractivity contribution is 6.24. The van der Waals surface area contributed by atoms with Crippen molar-refractivity contribution in [1.82, 2.24) is 0 Å². The predicted octanol–water partition coefficient (Wildman–Crippen LogP) is 15.3. The molecule has 0 atom stereocenters. The van der Waals surface area contributed by atoms with Crippen LogP contribution in [0.2, 0.25) is 0 Å². The molecule has 1 aliphatic carbocycles. The molecule has 0 radical (unpaired) electrons. The molecule has 0 aromatic heterocycles. The third-order valence-corrected chi connectivity index (χ3v) is 11.5. The molecule has 0 unspecified atom stereocenters. The number of hydrogen-bond acceptors (Lipinski definition) is 1. The van der Waals surface area contributed by atoms with Gasteiger partial charge in [-0.25, -0.2) is 0 Å². The fraction of sp³-hybridized carbons (Fsp3) is 0.0943. The first-order chi connectivity index (χ1) is 26.4. The molecular formula is C53H41N.